The monoisotopic (exact) mass is 195 g/mol. The molecule has 0 radical (unpaired) electrons. The normalized spacial score (nSPS) is 20.9. The number of piperidine rings is 1. The summed E-state index contributed by atoms with van der Waals surface area (Å²) < 4.78 is 0. The molecule has 1 amide bonds. The molecule has 1 saturated heterocycles. The Bertz CT molecular complexity index is 300. The van der Waals surface area contributed by atoms with Crippen molar-refractivity contribution in [2.75, 3.05) is 6.54 Å². The average Bonchev–Trinajstić information content (AvgIpc) is 2.18. The lowest BCUT2D eigenvalue weighted by molar-refractivity contribution is -0.149. The maximum absolute atomic E-state index is 11.4. The first kappa shape index (κ1) is 10.6. The number of likely N-dealkylation sites (tertiary alicyclic amines) is 1. The molecule has 1 aliphatic heterocycles. The van der Waals surface area contributed by atoms with E-state index >= 15 is 0 Å². The zero-order valence-corrected chi connectivity index (χ0v) is 8.12. The Kier molecular flexibility index (Phi) is 3.52. The molecule has 0 unspecified atom stereocenters. The molecule has 4 heteroatoms. The molecule has 76 valence electrons. The van der Waals surface area contributed by atoms with E-state index in [4.69, 9.17) is 5.11 Å². The molecule has 0 saturated carbocycles. The van der Waals surface area contributed by atoms with Crippen LogP contribution in [0.25, 0.3) is 0 Å². The predicted octanol–water partition coefficient (Wildman–Crippen LogP) is 0.475. The number of carbonyl (C=O) groups excluding carboxylic acids is 1. The topological polar surface area (TPSA) is 57.6 Å². The van der Waals surface area contributed by atoms with Crippen LogP contribution in [0.1, 0.15) is 26.2 Å². The van der Waals surface area contributed by atoms with Gasteiger partial charge in [0.15, 0.2) is 0 Å². The van der Waals surface area contributed by atoms with Gasteiger partial charge in [0.2, 0.25) is 0 Å². The van der Waals surface area contributed by atoms with Crippen LogP contribution in [0.3, 0.4) is 0 Å². The van der Waals surface area contributed by atoms with Gasteiger partial charge in [-0.1, -0.05) is 5.92 Å². The van der Waals surface area contributed by atoms with E-state index in [1.807, 2.05) is 0 Å². The minimum atomic E-state index is -0.934. The average molecular weight is 195 g/mol. The molecule has 1 aliphatic rings. The second kappa shape index (κ2) is 4.66. The van der Waals surface area contributed by atoms with Crippen LogP contribution in [-0.2, 0) is 9.59 Å². The van der Waals surface area contributed by atoms with Crippen molar-refractivity contribution in [3.05, 3.63) is 0 Å². The van der Waals surface area contributed by atoms with Crippen molar-refractivity contribution in [2.45, 2.75) is 32.2 Å². The van der Waals surface area contributed by atoms with E-state index in [0.29, 0.717) is 13.0 Å². The molecule has 0 bridgehead atoms. The number of carbonyl (C=O) groups is 2. The van der Waals surface area contributed by atoms with Gasteiger partial charge in [-0.3, -0.25) is 4.79 Å². The van der Waals surface area contributed by atoms with E-state index in [1.54, 1.807) is 6.92 Å². The number of carboxylic acids is 1. The molecule has 1 heterocycles. The van der Waals surface area contributed by atoms with Crippen LogP contribution in [0.5, 0.6) is 0 Å². The van der Waals surface area contributed by atoms with Crippen LogP contribution >= 0.6 is 0 Å². The van der Waals surface area contributed by atoms with E-state index in [0.717, 1.165) is 12.8 Å². The second-order valence-corrected chi connectivity index (χ2v) is 3.22. The lowest BCUT2D eigenvalue weighted by atomic mass is 10.0. The van der Waals surface area contributed by atoms with Crippen molar-refractivity contribution in [3.8, 4) is 11.8 Å². The maximum atomic E-state index is 11.4. The van der Waals surface area contributed by atoms with Gasteiger partial charge >= 0.3 is 5.97 Å². The largest absolute Gasteiger partial charge is 0.480 e. The fourth-order valence-electron chi connectivity index (χ4n) is 1.61. The van der Waals surface area contributed by atoms with Gasteiger partial charge in [0.05, 0.1) is 0 Å². The van der Waals surface area contributed by atoms with E-state index in [-0.39, 0.29) is 5.91 Å². The highest BCUT2D eigenvalue weighted by atomic mass is 16.4. The lowest BCUT2D eigenvalue weighted by Crippen LogP contribution is -2.47. The van der Waals surface area contributed by atoms with Gasteiger partial charge in [-0.25, -0.2) is 4.79 Å². The summed E-state index contributed by atoms with van der Waals surface area (Å²) in [6.07, 6.45) is 2.26. The van der Waals surface area contributed by atoms with Crippen molar-refractivity contribution >= 4 is 11.9 Å². The molecule has 1 fully saturated rings. The number of nitrogens with zero attached hydrogens (tertiary/aromatic N) is 1. The van der Waals surface area contributed by atoms with Crippen molar-refractivity contribution in [3.63, 3.8) is 0 Å². The zero-order chi connectivity index (χ0) is 10.6. The summed E-state index contributed by atoms with van der Waals surface area (Å²) in [5.74, 6) is 3.55. The summed E-state index contributed by atoms with van der Waals surface area (Å²) in [5.41, 5.74) is 0. The fourth-order valence-corrected chi connectivity index (χ4v) is 1.61. The van der Waals surface area contributed by atoms with Crippen LogP contribution < -0.4 is 0 Å². The van der Waals surface area contributed by atoms with Gasteiger partial charge in [0.1, 0.15) is 6.04 Å². The standard InChI is InChI=1S/C10H13NO3/c1-2-5-9(12)11-7-4-3-6-8(11)10(13)14/h8H,3-4,6-7H2,1H3,(H,13,14)/t8-/m0/s1. The van der Waals surface area contributed by atoms with Gasteiger partial charge in [0, 0.05) is 6.54 Å². The quantitative estimate of drug-likeness (QED) is 0.619. The minimum absolute atomic E-state index is 0.375. The molecule has 0 aromatic rings. The minimum Gasteiger partial charge on any atom is -0.480 e. The van der Waals surface area contributed by atoms with E-state index < -0.39 is 12.0 Å². The summed E-state index contributed by atoms with van der Waals surface area (Å²) in [4.78, 5) is 23.6. The van der Waals surface area contributed by atoms with Crippen LogP contribution in [0.2, 0.25) is 0 Å². The molecule has 1 N–H and O–H groups in total. The van der Waals surface area contributed by atoms with Gasteiger partial charge in [0.25, 0.3) is 5.91 Å². The highest BCUT2D eigenvalue weighted by Gasteiger charge is 2.30. The Labute approximate surface area is 82.9 Å². The Morgan fingerprint density at radius 2 is 2.14 bits per heavy atom. The van der Waals surface area contributed by atoms with Crippen LogP contribution in [-0.4, -0.2) is 34.5 Å². The Hall–Kier alpha value is -1.50. The first-order chi connectivity index (χ1) is 6.66. The smallest absolute Gasteiger partial charge is 0.326 e. The third-order valence-corrected chi connectivity index (χ3v) is 2.28. The Balaban J connectivity index is 2.75. The second-order valence-electron chi connectivity index (χ2n) is 3.22. The molecule has 1 rings (SSSR count). The number of hydrogen-bond acceptors (Lipinski definition) is 2. The molecular formula is C10H13NO3. The summed E-state index contributed by atoms with van der Waals surface area (Å²) in [7, 11) is 0. The Morgan fingerprint density at radius 3 is 2.71 bits per heavy atom. The predicted molar refractivity (Wildman–Crippen MR) is 50.4 cm³/mol. The number of amides is 1. The molecule has 0 spiro atoms. The third-order valence-electron chi connectivity index (χ3n) is 2.28. The number of hydrogen-bond donors (Lipinski definition) is 1. The summed E-state index contributed by atoms with van der Waals surface area (Å²) >= 11 is 0. The summed E-state index contributed by atoms with van der Waals surface area (Å²) in [5, 5.41) is 8.88. The molecule has 0 aromatic carbocycles. The molecule has 0 aliphatic carbocycles. The van der Waals surface area contributed by atoms with Crippen molar-refractivity contribution < 1.29 is 14.7 Å². The van der Waals surface area contributed by atoms with Gasteiger partial charge < -0.3 is 10.0 Å². The van der Waals surface area contributed by atoms with Crippen LogP contribution in [0.4, 0.5) is 0 Å². The third kappa shape index (κ3) is 2.25. The molecule has 4 nitrogen and oxygen atoms in total. The summed E-state index contributed by atoms with van der Waals surface area (Å²) in [6, 6.07) is -0.683. The van der Waals surface area contributed by atoms with Crippen LogP contribution in [0.15, 0.2) is 0 Å². The highest BCUT2D eigenvalue weighted by molar-refractivity contribution is 5.96. The zero-order valence-electron chi connectivity index (χ0n) is 8.12. The Morgan fingerprint density at radius 1 is 1.43 bits per heavy atom. The van der Waals surface area contributed by atoms with Gasteiger partial charge in [-0.15, -0.1) is 0 Å². The molecule has 1 atom stereocenters. The number of aliphatic carboxylic acids is 1. The van der Waals surface area contributed by atoms with Gasteiger partial charge in [-0.2, -0.15) is 0 Å². The fraction of sp³-hybridized carbons (Fsp3) is 0.600. The maximum Gasteiger partial charge on any atom is 0.326 e. The van der Waals surface area contributed by atoms with Gasteiger partial charge in [-0.05, 0) is 32.1 Å². The summed E-state index contributed by atoms with van der Waals surface area (Å²) in [6.45, 7) is 2.07. The van der Waals surface area contributed by atoms with Crippen molar-refractivity contribution in [2.24, 2.45) is 0 Å². The molecule has 0 aromatic heterocycles. The number of carboxylic acid groups (broad SMARTS) is 1. The first-order valence-corrected chi connectivity index (χ1v) is 4.63. The lowest BCUT2D eigenvalue weighted by Gasteiger charge is -2.31. The first-order valence-electron chi connectivity index (χ1n) is 4.63. The van der Waals surface area contributed by atoms with Crippen molar-refractivity contribution in [1.29, 1.82) is 0 Å². The van der Waals surface area contributed by atoms with E-state index in [2.05, 4.69) is 11.8 Å². The van der Waals surface area contributed by atoms with E-state index in [9.17, 15) is 9.59 Å². The SMILES string of the molecule is CC#CC(=O)N1CCCC[C@H]1C(=O)O. The van der Waals surface area contributed by atoms with E-state index in [1.165, 1.54) is 4.90 Å². The number of rotatable bonds is 1. The van der Waals surface area contributed by atoms with Crippen molar-refractivity contribution in [1.82, 2.24) is 4.90 Å². The highest BCUT2D eigenvalue weighted by Crippen LogP contribution is 2.16. The van der Waals surface area contributed by atoms with Crippen LogP contribution in [0, 0.1) is 11.8 Å². The molecule has 14 heavy (non-hydrogen) atoms. The molecular weight excluding hydrogens is 182 g/mol.